The molecule has 0 amide bonds. The highest BCUT2D eigenvalue weighted by molar-refractivity contribution is 7.10. The molecular formula is C13H23N3S. The highest BCUT2D eigenvalue weighted by Crippen LogP contribution is 2.39. The molecule has 0 radical (unpaired) electrons. The Labute approximate surface area is 108 Å². The molecule has 17 heavy (non-hydrogen) atoms. The summed E-state index contributed by atoms with van der Waals surface area (Å²) in [5.41, 5.74) is 5.88. The van der Waals surface area contributed by atoms with Crippen LogP contribution in [0.3, 0.4) is 0 Å². The third kappa shape index (κ3) is 2.55. The van der Waals surface area contributed by atoms with Crippen LogP contribution in [0.4, 0.5) is 0 Å². The van der Waals surface area contributed by atoms with Crippen molar-refractivity contribution in [1.82, 2.24) is 9.80 Å². The molecule has 3 nitrogen and oxygen atoms in total. The average Bonchev–Trinajstić information content (AvgIpc) is 2.84. The molecule has 2 N–H and O–H groups in total. The number of nitrogens with two attached hydrogens (primary N) is 1. The second-order valence-electron chi connectivity index (χ2n) is 5.03. The van der Waals surface area contributed by atoms with Gasteiger partial charge in [-0.25, -0.2) is 0 Å². The van der Waals surface area contributed by atoms with Crippen molar-refractivity contribution in [1.29, 1.82) is 0 Å². The molecule has 1 saturated heterocycles. The highest BCUT2D eigenvalue weighted by atomic mass is 32.1. The first-order valence-corrected chi connectivity index (χ1v) is 7.21. The van der Waals surface area contributed by atoms with Gasteiger partial charge in [0.05, 0.1) is 5.54 Å². The maximum Gasteiger partial charge on any atom is 0.0573 e. The molecule has 4 heteroatoms. The van der Waals surface area contributed by atoms with Gasteiger partial charge < -0.3 is 10.6 Å². The van der Waals surface area contributed by atoms with Crippen LogP contribution in [0.15, 0.2) is 17.5 Å². The van der Waals surface area contributed by atoms with Gasteiger partial charge >= 0.3 is 0 Å². The largest absolute Gasteiger partial charge is 0.329 e. The highest BCUT2D eigenvalue weighted by Gasteiger charge is 2.38. The van der Waals surface area contributed by atoms with Crippen molar-refractivity contribution in [3.8, 4) is 0 Å². The Morgan fingerprint density at radius 2 is 2.12 bits per heavy atom. The summed E-state index contributed by atoms with van der Waals surface area (Å²) >= 11 is 1.89. The summed E-state index contributed by atoms with van der Waals surface area (Å²) < 4.78 is 0. The van der Waals surface area contributed by atoms with Gasteiger partial charge in [-0.2, -0.15) is 0 Å². The Hall–Kier alpha value is -0.420. The van der Waals surface area contributed by atoms with E-state index in [4.69, 9.17) is 5.73 Å². The summed E-state index contributed by atoms with van der Waals surface area (Å²) in [6, 6.07) is 4.45. The minimum Gasteiger partial charge on any atom is -0.329 e. The van der Waals surface area contributed by atoms with E-state index in [1.807, 2.05) is 11.3 Å². The smallest absolute Gasteiger partial charge is 0.0573 e. The lowest BCUT2D eigenvalue weighted by molar-refractivity contribution is 0.0581. The maximum atomic E-state index is 5.63. The normalized spacial score (nSPS) is 20.9. The predicted octanol–water partition coefficient (Wildman–Crippen LogP) is 1.56. The zero-order valence-corrected chi connectivity index (χ0v) is 11.7. The van der Waals surface area contributed by atoms with Crippen LogP contribution < -0.4 is 5.73 Å². The first-order chi connectivity index (χ1) is 8.19. The van der Waals surface area contributed by atoms with E-state index in [-0.39, 0.29) is 5.54 Å². The van der Waals surface area contributed by atoms with Crippen LogP contribution in [0.2, 0.25) is 0 Å². The molecule has 0 atom stereocenters. The van der Waals surface area contributed by atoms with Gasteiger partial charge in [0, 0.05) is 31.1 Å². The summed E-state index contributed by atoms with van der Waals surface area (Å²) in [7, 11) is 4.41. The Balaban J connectivity index is 2.11. The summed E-state index contributed by atoms with van der Waals surface area (Å²) in [5, 5.41) is 2.19. The lowest BCUT2D eigenvalue weighted by Crippen LogP contribution is -2.50. The number of piperidine rings is 1. The van der Waals surface area contributed by atoms with Crippen LogP contribution in [0.25, 0.3) is 0 Å². The molecule has 1 fully saturated rings. The average molecular weight is 253 g/mol. The molecule has 96 valence electrons. The van der Waals surface area contributed by atoms with E-state index in [2.05, 4.69) is 41.4 Å². The first kappa shape index (κ1) is 13.0. The van der Waals surface area contributed by atoms with Gasteiger partial charge in [0.1, 0.15) is 0 Å². The quantitative estimate of drug-likeness (QED) is 0.884. The molecule has 1 aliphatic rings. The topological polar surface area (TPSA) is 32.5 Å². The van der Waals surface area contributed by atoms with E-state index < -0.39 is 0 Å². The first-order valence-electron chi connectivity index (χ1n) is 6.33. The zero-order chi connectivity index (χ0) is 12.3. The van der Waals surface area contributed by atoms with Crippen molar-refractivity contribution in [2.24, 2.45) is 5.73 Å². The van der Waals surface area contributed by atoms with Gasteiger partial charge in [-0.15, -0.1) is 11.3 Å². The fourth-order valence-electron chi connectivity index (χ4n) is 2.79. The van der Waals surface area contributed by atoms with E-state index in [9.17, 15) is 0 Å². The Kier molecular flexibility index (Phi) is 4.20. The van der Waals surface area contributed by atoms with E-state index >= 15 is 0 Å². The molecule has 0 bridgehead atoms. The van der Waals surface area contributed by atoms with Crippen LogP contribution in [0.5, 0.6) is 0 Å². The number of nitrogens with zero attached hydrogens (tertiary/aromatic N) is 2. The summed E-state index contributed by atoms with van der Waals surface area (Å²) in [6.45, 7) is 4.13. The summed E-state index contributed by atoms with van der Waals surface area (Å²) in [6.07, 6.45) is 2.42. The van der Waals surface area contributed by atoms with Crippen LogP contribution in [-0.2, 0) is 5.54 Å². The van der Waals surface area contributed by atoms with Crippen molar-refractivity contribution < 1.29 is 0 Å². The van der Waals surface area contributed by atoms with Crippen molar-refractivity contribution >= 4 is 11.3 Å². The number of likely N-dealkylation sites (tertiary alicyclic amines) is 1. The van der Waals surface area contributed by atoms with Crippen molar-refractivity contribution in [2.45, 2.75) is 18.4 Å². The summed E-state index contributed by atoms with van der Waals surface area (Å²) in [5.74, 6) is 0. The van der Waals surface area contributed by atoms with E-state index in [0.717, 1.165) is 26.2 Å². The molecule has 0 unspecified atom stereocenters. The van der Waals surface area contributed by atoms with Gasteiger partial charge in [-0.3, -0.25) is 4.90 Å². The SMILES string of the molecule is CN(C)C1(c2cccs2)CCN(CCN)CC1. The van der Waals surface area contributed by atoms with Crippen LogP contribution in [0, 0.1) is 0 Å². The van der Waals surface area contributed by atoms with Crippen LogP contribution in [0.1, 0.15) is 17.7 Å². The van der Waals surface area contributed by atoms with Gasteiger partial charge in [0.2, 0.25) is 0 Å². The minimum absolute atomic E-state index is 0.249. The van der Waals surface area contributed by atoms with E-state index in [1.165, 1.54) is 17.7 Å². The zero-order valence-electron chi connectivity index (χ0n) is 10.9. The molecule has 0 saturated carbocycles. The maximum absolute atomic E-state index is 5.63. The summed E-state index contributed by atoms with van der Waals surface area (Å²) in [4.78, 5) is 6.39. The number of rotatable bonds is 4. The van der Waals surface area contributed by atoms with Gasteiger partial charge in [-0.05, 0) is 38.4 Å². The molecule has 1 aliphatic heterocycles. The second kappa shape index (κ2) is 5.48. The number of thiophene rings is 1. The van der Waals surface area contributed by atoms with Crippen molar-refractivity contribution in [3.63, 3.8) is 0 Å². The Morgan fingerprint density at radius 1 is 1.41 bits per heavy atom. The number of hydrogen-bond acceptors (Lipinski definition) is 4. The van der Waals surface area contributed by atoms with Gasteiger partial charge in [0.15, 0.2) is 0 Å². The molecule has 0 aliphatic carbocycles. The molecular weight excluding hydrogens is 230 g/mol. The number of hydrogen-bond donors (Lipinski definition) is 1. The third-order valence-electron chi connectivity index (χ3n) is 3.96. The van der Waals surface area contributed by atoms with Crippen molar-refractivity contribution in [2.75, 3.05) is 40.3 Å². The predicted molar refractivity (Wildman–Crippen MR) is 74.4 cm³/mol. The second-order valence-corrected chi connectivity index (χ2v) is 5.98. The van der Waals surface area contributed by atoms with E-state index in [0.29, 0.717) is 0 Å². The van der Waals surface area contributed by atoms with Gasteiger partial charge in [0.25, 0.3) is 0 Å². The minimum atomic E-state index is 0.249. The Morgan fingerprint density at radius 3 is 2.59 bits per heavy atom. The lowest BCUT2D eigenvalue weighted by Gasteiger charge is -2.45. The molecule has 0 spiro atoms. The molecule has 1 aromatic heterocycles. The fraction of sp³-hybridized carbons (Fsp3) is 0.692. The van der Waals surface area contributed by atoms with Crippen molar-refractivity contribution in [3.05, 3.63) is 22.4 Å². The van der Waals surface area contributed by atoms with Crippen LogP contribution in [-0.4, -0.2) is 50.1 Å². The monoisotopic (exact) mass is 253 g/mol. The molecule has 2 heterocycles. The molecule has 1 aromatic rings. The lowest BCUT2D eigenvalue weighted by atomic mass is 9.84. The van der Waals surface area contributed by atoms with Crippen LogP contribution >= 0.6 is 11.3 Å². The standard InChI is InChI=1S/C13H23N3S/c1-15(2)13(12-4-3-11-17-12)5-8-16(9-6-13)10-7-14/h3-4,11H,5-10,14H2,1-2H3. The molecule has 2 rings (SSSR count). The van der Waals surface area contributed by atoms with Gasteiger partial charge in [-0.1, -0.05) is 6.07 Å². The van der Waals surface area contributed by atoms with E-state index in [1.54, 1.807) is 0 Å². The fourth-order valence-corrected chi connectivity index (χ4v) is 3.85. The Bertz CT molecular complexity index is 326. The third-order valence-corrected chi connectivity index (χ3v) is 5.03. The molecule has 0 aromatic carbocycles.